The maximum Gasteiger partial charge on any atom is 0.277 e. The van der Waals surface area contributed by atoms with Crippen molar-refractivity contribution in [3.8, 4) is 0 Å². The molecule has 1 saturated carbocycles. The lowest BCUT2D eigenvalue weighted by Crippen LogP contribution is -2.33. The number of hydrogen-bond donors (Lipinski definition) is 1. The average Bonchev–Trinajstić information content (AvgIpc) is 3.22. The van der Waals surface area contributed by atoms with Gasteiger partial charge in [-0.15, -0.1) is 5.10 Å². The predicted molar refractivity (Wildman–Crippen MR) is 90.3 cm³/mol. The number of carbonyl (C=O) groups excluding carboxylic acids is 1. The third-order valence-electron chi connectivity index (χ3n) is 5.16. The van der Waals surface area contributed by atoms with Crippen molar-refractivity contribution in [1.29, 1.82) is 0 Å². The largest absolute Gasteiger partial charge is 0.356 e. The van der Waals surface area contributed by atoms with E-state index >= 15 is 0 Å². The zero-order valence-corrected chi connectivity index (χ0v) is 13.4. The van der Waals surface area contributed by atoms with Crippen LogP contribution in [0.5, 0.6) is 0 Å². The number of hydrogen-bond acceptors (Lipinski definition) is 4. The fourth-order valence-corrected chi connectivity index (χ4v) is 3.84. The van der Waals surface area contributed by atoms with Crippen LogP contribution < -0.4 is 10.9 Å². The summed E-state index contributed by atoms with van der Waals surface area (Å²) in [6, 6.07) is 7.10. The first kappa shape index (κ1) is 15.1. The molecule has 0 aliphatic heterocycles. The van der Waals surface area contributed by atoms with Gasteiger partial charge in [0.15, 0.2) is 0 Å². The molecule has 0 unspecified atom stereocenters. The minimum atomic E-state index is -0.202. The molecular formula is C18H20N4O2. The monoisotopic (exact) mass is 324 g/mol. The minimum absolute atomic E-state index is 0.0383. The Balaban J connectivity index is 1.33. The van der Waals surface area contributed by atoms with Gasteiger partial charge in [-0.3, -0.25) is 9.59 Å². The third-order valence-corrected chi connectivity index (χ3v) is 5.16. The van der Waals surface area contributed by atoms with Crippen LogP contribution in [0.25, 0.3) is 10.9 Å². The second-order valence-electron chi connectivity index (χ2n) is 6.73. The van der Waals surface area contributed by atoms with Crippen LogP contribution in [0, 0.1) is 17.8 Å². The van der Waals surface area contributed by atoms with E-state index in [1.54, 1.807) is 18.2 Å². The Morgan fingerprint density at radius 1 is 1.25 bits per heavy atom. The maximum absolute atomic E-state index is 12.3. The van der Waals surface area contributed by atoms with Crippen LogP contribution in [0.4, 0.5) is 0 Å². The van der Waals surface area contributed by atoms with Gasteiger partial charge in [-0.2, -0.15) is 0 Å². The molecule has 2 aliphatic carbocycles. The van der Waals surface area contributed by atoms with Gasteiger partial charge in [0.1, 0.15) is 5.52 Å². The standard InChI is InChI=1S/C18H20N4O2/c23-17(19-11-14-10-12-5-6-13(14)9-12)7-8-22-18(24)15-3-1-2-4-16(15)20-21-22/h1-6,12-14H,7-11H2,(H,19,23)/t12-,13+,14-/m0/s1. The normalized spacial score (nSPS) is 24.6. The molecule has 24 heavy (non-hydrogen) atoms. The first-order chi connectivity index (χ1) is 11.7. The highest BCUT2D eigenvalue weighted by molar-refractivity contribution is 5.77. The SMILES string of the molecule is O=C(CCn1nnc2ccccc2c1=O)NC[C@@H]1C[C@H]2C=C[C@@H]1C2. The minimum Gasteiger partial charge on any atom is -0.356 e. The highest BCUT2D eigenvalue weighted by atomic mass is 16.2. The second kappa shape index (κ2) is 6.19. The summed E-state index contributed by atoms with van der Waals surface area (Å²) in [5, 5.41) is 11.5. The molecule has 1 heterocycles. The number of nitrogens with one attached hydrogen (secondary N) is 1. The fourth-order valence-electron chi connectivity index (χ4n) is 3.84. The topological polar surface area (TPSA) is 76.9 Å². The maximum atomic E-state index is 12.3. The number of nitrogens with zero attached hydrogens (tertiary/aromatic N) is 3. The molecule has 6 heteroatoms. The van der Waals surface area contributed by atoms with E-state index in [4.69, 9.17) is 0 Å². The first-order valence-electron chi connectivity index (χ1n) is 8.48. The zero-order chi connectivity index (χ0) is 16.5. The number of aromatic nitrogens is 3. The molecule has 1 aromatic carbocycles. The second-order valence-corrected chi connectivity index (χ2v) is 6.73. The van der Waals surface area contributed by atoms with Crippen molar-refractivity contribution in [2.75, 3.05) is 6.54 Å². The summed E-state index contributed by atoms with van der Waals surface area (Å²) in [6.07, 6.45) is 7.24. The number of amides is 1. The number of allylic oxidation sites excluding steroid dienone is 2. The summed E-state index contributed by atoms with van der Waals surface area (Å²) in [6.45, 7) is 0.974. The van der Waals surface area contributed by atoms with Crippen molar-refractivity contribution in [2.24, 2.45) is 17.8 Å². The number of rotatable bonds is 5. The van der Waals surface area contributed by atoms with Gasteiger partial charge in [-0.05, 0) is 42.7 Å². The summed E-state index contributed by atoms with van der Waals surface area (Å²) in [4.78, 5) is 24.4. The number of fused-ring (bicyclic) bond motifs is 3. The van der Waals surface area contributed by atoms with E-state index in [1.807, 2.05) is 6.07 Å². The Hall–Kier alpha value is -2.50. The highest BCUT2D eigenvalue weighted by Gasteiger charge is 2.35. The van der Waals surface area contributed by atoms with E-state index in [0.717, 1.165) is 6.54 Å². The van der Waals surface area contributed by atoms with Gasteiger partial charge in [-0.25, -0.2) is 4.68 Å². The first-order valence-corrected chi connectivity index (χ1v) is 8.48. The zero-order valence-electron chi connectivity index (χ0n) is 13.4. The van der Waals surface area contributed by atoms with Gasteiger partial charge in [0.2, 0.25) is 5.91 Å². The van der Waals surface area contributed by atoms with Gasteiger partial charge in [0.25, 0.3) is 5.56 Å². The molecule has 2 aromatic rings. The Bertz CT molecular complexity index is 857. The van der Waals surface area contributed by atoms with Crippen molar-refractivity contribution in [3.63, 3.8) is 0 Å². The molecule has 2 aliphatic rings. The van der Waals surface area contributed by atoms with Crippen molar-refractivity contribution in [1.82, 2.24) is 20.3 Å². The molecular weight excluding hydrogens is 304 g/mol. The number of aryl methyl sites for hydroxylation is 1. The summed E-state index contributed by atoms with van der Waals surface area (Å²) in [7, 11) is 0. The highest BCUT2D eigenvalue weighted by Crippen LogP contribution is 2.42. The molecule has 124 valence electrons. The van der Waals surface area contributed by atoms with Gasteiger partial charge < -0.3 is 5.32 Å². The lowest BCUT2D eigenvalue weighted by Gasteiger charge is -2.18. The Labute approximate surface area is 139 Å². The Morgan fingerprint density at radius 3 is 2.92 bits per heavy atom. The lowest BCUT2D eigenvalue weighted by atomic mass is 9.93. The van der Waals surface area contributed by atoms with Crippen molar-refractivity contribution in [2.45, 2.75) is 25.8 Å². The third kappa shape index (κ3) is 2.84. The van der Waals surface area contributed by atoms with E-state index in [-0.39, 0.29) is 24.4 Å². The average molecular weight is 324 g/mol. The van der Waals surface area contributed by atoms with E-state index < -0.39 is 0 Å². The lowest BCUT2D eigenvalue weighted by molar-refractivity contribution is -0.121. The van der Waals surface area contributed by atoms with Gasteiger partial charge in [-0.1, -0.05) is 29.5 Å². The van der Waals surface area contributed by atoms with Crippen LogP contribution >= 0.6 is 0 Å². The van der Waals surface area contributed by atoms with Crippen LogP contribution in [0.1, 0.15) is 19.3 Å². The molecule has 3 atom stereocenters. The smallest absolute Gasteiger partial charge is 0.277 e. The van der Waals surface area contributed by atoms with Crippen LogP contribution in [0.3, 0.4) is 0 Å². The quantitative estimate of drug-likeness (QED) is 0.846. The molecule has 2 bridgehead atoms. The van der Waals surface area contributed by atoms with Crippen LogP contribution in [-0.2, 0) is 11.3 Å². The van der Waals surface area contributed by atoms with Crippen LogP contribution in [0.2, 0.25) is 0 Å². The van der Waals surface area contributed by atoms with E-state index in [0.29, 0.717) is 28.7 Å². The molecule has 1 N–H and O–H groups in total. The number of benzene rings is 1. The molecule has 1 amide bonds. The Kier molecular flexibility index (Phi) is 3.88. The van der Waals surface area contributed by atoms with Gasteiger partial charge in [0.05, 0.1) is 11.9 Å². The molecule has 0 spiro atoms. The molecule has 1 fully saturated rings. The molecule has 1 aromatic heterocycles. The summed E-state index contributed by atoms with van der Waals surface area (Å²) in [5.74, 6) is 1.86. The van der Waals surface area contributed by atoms with Crippen LogP contribution in [-0.4, -0.2) is 27.4 Å². The van der Waals surface area contributed by atoms with Crippen molar-refractivity contribution >= 4 is 16.8 Å². The van der Waals surface area contributed by atoms with Gasteiger partial charge in [0, 0.05) is 13.0 Å². The molecule has 0 saturated heterocycles. The van der Waals surface area contributed by atoms with E-state index in [9.17, 15) is 9.59 Å². The van der Waals surface area contributed by atoms with Crippen molar-refractivity contribution in [3.05, 3.63) is 46.8 Å². The predicted octanol–water partition coefficient (Wildman–Crippen LogP) is 1.51. The van der Waals surface area contributed by atoms with Crippen molar-refractivity contribution < 1.29 is 4.79 Å². The number of carbonyl (C=O) groups is 1. The molecule has 6 nitrogen and oxygen atoms in total. The summed E-state index contributed by atoms with van der Waals surface area (Å²) in [5.41, 5.74) is 0.374. The van der Waals surface area contributed by atoms with Crippen LogP contribution in [0.15, 0.2) is 41.2 Å². The van der Waals surface area contributed by atoms with Gasteiger partial charge >= 0.3 is 0 Å². The summed E-state index contributed by atoms with van der Waals surface area (Å²) < 4.78 is 1.27. The Morgan fingerprint density at radius 2 is 2.12 bits per heavy atom. The summed E-state index contributed by atoms with van der Waals surface area (Å²) >= 11 is 0. The fraction of sp³-hybridized carbons (Fsp3) is 0.444. The molecule has 4 rings (SSSR count). The van der Waals surface area contributed by atoms with E-state index in [1.165, 1.54) is 17.5 Å². The van der Waals surface area contributed by atoms with E-state index in [2.05, 4.69) is 27.8 Å². The molecule has 0 radical (unpaired) electrons.